The van der Waals surface area contributed by atoms with Crippen LogP contribution in [0.2, 0.25) is 0 Å². The molecule has 4 aliphatic heterocycles. The number of nitrogens with one attached hydrogen (secondary N) is 4. The van der Waals surface area contributed by atoms with Gasteiger partial charge >= 0.3 is 0 Å². The van der Waals surface area contributed by atoms with Gasteiger partial charge in [-0.2, -0.15) is 5.10 Å². The second-order valence-corrected chi connectivity index (χ2v) is 17.3. The number of fused-ring (bicyclic) bond motifs is 2. The summed E-state index contributed by atoms with van der Waals surface area (Å²) >= 11 is 1.22. The number of carbonyl (C=O) groups excluding carboxylic acids is 4. The van der Waals surface area contributed by atoms with Gasteiger partial charge < -0.3 is 35.1 Å². The number of nitrogens with zero attached hydrogens (tertiary/aromatic N) is 6. The molecule has 4 N–H and O–H groups in total. The first-order chi connectivity index (χ1) is 29.2. The molecule has 0 bridgehead atoms. The number of likely N-dealkylation sites (tertiary alicyclic amines) is 1. The second-order valence-electron chi connectivity index (χ2n) is 16.4. The number of aromatic nitrogens is 4. The Labute approximate surface area is 350 Å². The first-order valence-electron chi connectivity index (χ1n) is 21.0. The van der Waals surface area contributed by atoms with Gasteiger partial charge in [0.25, 0.3) is 17.4 Å². The Morgan fingerprint density at radius 2 is 1.70 bits per heavy atom. The number of thiophene rings is 1. The van der Waals surface area contributed by atoms with Crippen LogP contribution in [-0.2, 0) is 9.59 Å². The Hall–Kier alpha value is -5.81. The summed E-state index contributed by atoms with van der Waals surface area (Å²) in [5.74, 6) is -0.464. The highest BCUT2D eigenvalue weighted by Crippen LogP contribution is 2.36. The summed E-state index contributed by atoms with van der Waals surface area (Å²) in [6.07, 6.45) is 11.5. The highest BCUT2D eigenvalue weighted by Gasteiger charge is 2.30. The first kappa shape index (κ1) is 39.6. The van der Waals surface area contributed by atoms with Crippen LogP contribution < -0.4 is 36.0 Å². The molecule has 2 aromatic carbocycles. The maximum Gasteiger partial charge on any atom is 0.268 e. The van der Waals surface area contributed by atoms with Gasteiger partial charge in [-0.3, -0.25) is 34.0 Å². The van der Waals surface area contributed by atoms with E-state index >= 15 is 0 Å². The van der Waals surface area contributed by atoms with Crippen molar-refractivity contribution < 1.29 is 23.9 Å². The zero-order chi connectivity index (χ0) is 41.3. The fourth-order valence-corrected chi connectivity index (χ4v) is 10.1. The molecule has 314 valence electrons. The van der Waals surface area contributed by atoms with Crippen molar-refractivity contribution in [3.8, 4) is 5.75 Å². The standard InChI is InChI=1S/C43H50N10O6S/c1-59-36-20-29(5-6-30(36)40(55)46-32-7-8-37(54)48-42(32)57)51-17-9-26(10-18-51)22-50-15-11-28(12-16-50)53-23-27-19-34(35(21-33(27)49-53)52-13-3-2-4-14-52)47-41(56)31-24-60-39-38(31)44-25-45-43(39)58/h5-6,19-21,23-26,28,32H,2-4,7-18,22H2,1H3,(H,46,55)(H,47,56)(H,44,45,58)(H,48,54,57)/t32-/m0/s1. The summed E-state index contributed by atoms with van der Waals surface area (Å²) in [4.78, 5) is 76.9. The molecule has 1 atom stereocenters. The van der Waals surface area contributed by atoms with Crippen LogP contribution in [0.15, 0.2) is 53.0 Å². The molecule has 0 spiro atoms. The van der Waals surface area contributed by atoms with Crippen LogP contribution >= 0.6 is 11.3 Å². The molecular formula is C43H50N10O6S. The predicted octanol–water partition coefficient (Wildman–Crippen LogP) is 4.67. The van der Waals surface area contributed by atoms with Crippen LogP contribution in [0.4, 0.5) is 17.1 Å². The van der Waals surface area contributed by atoms with Gasteiger partial charge in [0.15, 0.2) is 0 Å². The molecule has 0 unspecified atom stereocenters. The van der Waals surface area contributed by atoms with E-state index in [1.165, 1.54) is 31.2 Å². The zero-order valence-corrected chi connectivity index (χ0v) is 34.5. The molecule has 4 amide bonds. The van der Waals surface area contributed by atoms with Crippen LogP contribution in [0.5, 0.6) is 5.75 Å². The van der Waals surface area contributed by atoms with E-state index in [-0.39, 0.29) is 36.3 Å². The van der Waals surface area contributed by atoms with Crippen molar-refractivity contribution in [3.63, 3.8) is 0 Å². The largest absolute Gasteiger partial charge is 0.496 e. The SMILES string of the molecule is COc1cc(N2CCC(CN3CCC(n4cc5cc(NC(=O)c6csc7c(=O)[nH]cnc67)c(N6CCCCC6)cc5n4)CC3)CC2)ccc1C(=O)N[C@H]1CCC(=O)NC1=O. The molecule has 3 aromatic heterocycles. The molecule has 4 fully saturated rings. The van der Waals surface area contributed by atoms with Crippen LogP contribution in [0, 0.1) is 5.92 Å². The van der Waals surface area contributed by atoms with Crippen LogP contribution in [0.3, 0.4) is 0 Å². The Bertz CT molecular complexity index is 2490. The molecule has 5 aromatic rings. The number of aromatic amines is 1. The molecule has 7 heterocycles. The Balaban J connectivity index is 0.804. The number of carbonyl (C=O) groups is 4. The third-order valence-corrected chi connectivity index (χ3v) is 13.6. The van der Waals surface area contributed by atoms with E-state index < -0.39 is 17.9 Å². The zero-order valence-electron chi connectivity index (χ0n) is 33.7. The monoisotopic (exact) mass is 834 g/mol. The predicted molar refractivity (Wildman–Crippen MR) is 230 cm³/mol. The lowest BCUT2D eigenvalue weighted by molar-refractivity contribution is -0.134. The summed E-state index contributed by atoms with van der Waals surface area (Å²) in [6.45, 7) is 6.74. The lowest BCUT2D eigenvalue weighted by Crippen LogP contribution is -2.52. The Morgan fingerprint density at radius 1 is 0.900 bits per heavy atom. The number of rotatable bonds is 10. The Morgan fingerprint density at radius 3 is 2.47 bits per heavy atom. The molecule has 60 heavy (non-hydrogen) atoms. The summed E-state index contributed by atoms with van der Waals surface area (Å²) < 4.78 is 8.17. The minimum atomic E-state index is -0.752. The van der Waals surface area contributed by atoms with Gasteiger partial charge in [0, 0.05) is 81.0 Å². The normalized spacial score (nSPS) is 19.8. The number of hydrogen-bond donors (Lipinski definition) is 4. The molecule has 9 rings (SSSR count). The molecule has 4 saturated heterocycles. The molecule has 0 aliphatic carbocycles. The average Bonchev–Trinajstić information content (AvgIpc) is 3.90. The first-order valence-corrected chi connectivity index (χ1v) is 21.9. The van der Waals surface area contributed by atoms with Gasteiger partial charge in [-0.15, -0.1) is 11.3 Å². The molecule has 17 heteroatoms. The number of H-pyrrole nitrogens is 1. The van der Waals surface area contributed by atoms with E-state index in [1.807, 2.05) is 18.2 Å². The average molecular weight is 835 g/mol. The number of hydrogen-bond acceptors (Lipinski definition) is 12. The van der Waals surface area contributed by atoms with E-state index in [1.54, 1.807) is 11.4 Å². The van der Waals surface area contributed by atoms with Crippen molar-refractivity contribution in [1.29, 1.82) is 0 Å². The number of benzene rings is 2. The van der Waals surface area contributed by atoms with Gasteiger partial charge in [-0.1, -0.05) is 0 Å². The van der Waals surface area contributed by atoms with Crippen molar-refractivity contribution in [2.75, 3.05) is 68.0 Å². The minimum absolute atomic E-state index is 0.191. The van der Waals surface area contributed by atoms with E-state index in [2.05, 4.69) is 57.6 Å². The molecular weight excluding hydrogens is 785 g/mol. The second kappa shape index (κ2) is 17.0. The summed E-state index contributed by atoms with van der Waals surface area (Å²) in [5, 5.41) is 16.0. The molecule has 0 saturated carbocycles. The number of amides is 4. The molecule has 0 radical (unpaired) electrons. The smallest absolute Gasteiger partial charge is 0.268 e. The Kier molecular flexibility index (Phi) is 11.3. The highest BCUT2D eigenvalue weighted by molar-refractivity contribution is 7.17. The highest BCUT2D eigenvalue weighted by atomic mass is 32.1. The lowest BCUT2D eigenvalue weighted by Gasteiger charge is -2.38. The van der Waals surface area contributed by atoms with Crippen molar-refractivity contribution in [3.05, 3.63) is 69.7 Å². The summed E-state index contributed by atoms with van der Waals surface area (Å²) in [5.41, 5.74) is 4.53. The minimum Gasteiger partial charge on any atom is -0.496 e. The maximum absolute atomic E-state index is 13.7. The van der Waals surface area contributed by atoms with Crippen LogP contribution in [0.25, 0.3) is 21.1 Å². The van der Waals surface area contributed by atoms with Gasteiger partial charge in [0.05, 0.1) is 47.5 Å². The number of ether oxygens (including phenoxy) is 1. The van der Waals surface area contributed by atoms with E-state index in [4.69, 9.17) is 9.84 Å². The lowest BCUT2D eigenvalue weighted by atomic mass is 9.94. The molecule has 4 aliphatic rings. The van der Waals surface area contributed by atoms with Crippen molar-refractivity contribution in [2.45, 2.75) is 69.9 Å². The van der Waals surface area contributed by atoms with E-state index in [0.717, 1.165) is 112 Å². The topological polar surface area (TPSA) is 187 Å². The fraction of sp³-hybridized carbons (Fsp3) is 0.465. The van der Waals surface area contributed by atoms with E-state index in [9.17, 15) is 24.0 Å². The van der Waals surface area contributed by atoms with Gasteiger partial charge in [-0.05, 0) is 81.5 Å². The van der Waals surface area contributed by atoms with Gasteiger partial charge in [-0.25, -0.2) is 4.98 Å². The maximum atomic E-state index is 13.7. The van der Waals surface area contributed by atoms with Crippen LogP contribution in [0.1, 0.15) is 84.5 Å². The number of anilines is 3. The molecule has 16 nitrogen and oxygen atoms in total. The summed E-state index contributed by atoms with van der Waals surface area (Å²) in [6, 6.07) is 9.27. The van der Waals surface area contributed by atoms with Gasteiger partial charge in [0.1, 0.15) is 22.0 Å². The quantitative estimate of drug-likeness (QED) is 0.143. The van der Waals surface area contributed by atoms with Crippen molar-refractivity contribution in [2.24, 2.45) is 5.92 Å². The number of imide groups is 1. The van der Waals surface area contributed by atoms with Gasteiger partial charge in [0.2, 0.25) is 11.8 Å². The van der Waals surface area contributed by atoms with Crippen LogP contribution in [-0.4, -0.2) is 107 Å². The number of piperidine rings is 4. The fourth-order valence-electron chi connectivity index (χ4n) is 9.21. The third kappa shape index (κ3) is 8.19. The number of methoxy groups -OCH3 is 1. The summed E-state index contributed by atoms with van der Waals surface area (Å²) in [7, 11) is 1.54. The van der Waals surface area contributed by atoms with E-state index in [0.29, 0.717) is 33.0 Å². The van der Waals surface area contributed by atoms with Crippen molar-refractivity contribution in [1.82, 2.24) is 35.3 Å². The third-order valence-electron chi connectivity index (χ3n) is 12.6. The van der Waals surface area contributed by atoms with Crippen molar-refractivity contribution >= 4 is 73.1 Å².